The molecule has 0 bridgehead atoms. The Morgan fingerprint density at radius 2 is 2.16 bits per heavy atom. The molecule has 1 N–H and O–H groups in total. The van der Waals surface area contributed by atoms with Gasteiger partial charge in [-0.05, 0) is 44.8 Å². The summed E-state index contributed by atoms with van der Waals surface area (Å²) in [5.74, 6) is 1.09. The highest BCUT2D eigenvalue weighted by atomic mass is 79.9. The van der Waals surface area contributed by atoms with E-state index in [2.05, 4.69) is 47.0 Å². The lowest BCUT2D eigenvalue weighted by molar-refractivity contribution is 0.457. The second kappa shape index (κ2) is 5.60. The molecule has 0 fully saturated rings. The highest BCUT2D eigenvalue weighted by Crippen LogP contribution is 2.36. The van der Waals surface area contributed by atoms with Crippen molar-refractivity contribution in [1.29, 1.82) is 0 Å². The number of sulfonamides is 1. The van der Waals surface area contributed by atoms with E-state index >= 15 is 0 Å². The molecule has 10 heteroatoms. The topological polar surface area (TPSA) is 79.0 Å². The van der Waals surface area contributed by atoms with Crippen LogP contribution in [0.2, 0.25) is 0 Å². The van der Waals surface area contributed by atoms with Crippen molar-refractivity contribution in [2.75, 3.05) is 7.05 Å². The van der Waals surface area contributed by atoms with Crippen LogP contribution >= 0.6 is 43.2 Å². The smallest absolute Gasteiger partial charge is 0.245 e. The zero-order chi connectivity index (χ0) is 14.2. The average Bonchev–Trinajstić information content (AvgIpc) is 2.85. The second-order valence-corrected chi connectivity index (χ2v) is 9.55. The van der Waals surface area contributed by atoms with E-state index < -0.39 is 10.0 Å². The molecule has 0 saturated carbocycles. The standard InChI is InChI=1S/C9H10Br2N4O2S2/c1-5-12-8(14-13-5)4-15(2)19(16,17)6-3-7(10)18-9(6)11/h3H,4H2,1-2H3,(H,12,13,14). The number of nitrogens with zero attached hydrogens (tertiary/aromatic N) is 3. The van der Waals surface area contributed by atoms with Crippen LogP contribution in [0.1, 0.15) is 11.6 Å². The van der Waals surface area contributed by atoms with Crippen molar-refractivity contribution in [3.8, 4) is 0 Å². The maximum absolute atomic E-state index is 12.4. The Hall–Kier alpha value is -0.290. The Balaban J connectivity index is 2.27. The lowest BCUT2D eigenvalue weighted by atomic mass is 10.6. The summed E-state index contributed by atoms with van der Waals surface area (Å²) in [6.45, 7) is 1.88. The van der Waals surface area contributed by atoms with Crippen molar-refractivity contribution in [2.45, 2.75) is 18.4 Å². The van der Waals surface area contributed by atoms with E-state index in [9.17, 15) is 8.42 Å². The third-order valence-electron chi connectivity index (χ3n) is 2.32. The van der Waals surface area contributed by atoms with Crippen LogP contribution in [0, 0.1) is 6.92 Å². The number of aromatic nitrogens is 3. The Labute approximate surface area is 131 Å². The number of thiophene rings is 1. The van der Waals surface area contributed by atoms with Gasteiger partial charge in [-0.15, -0.1) is 11.3 Å². The Kier molecular flexibility index (Phi) is 4.45. The van der Waals surface area contributed by atoms with Crippen LogP contribution < -0.4 is 0 Å². The molecular weight excluding hydrogens is 420 g/mol. The van der Waals surface area contributed by atoms with Crippen LogP contribution in [0.3, 0.4) is 0 Å². The number of aromatic amines is 1. The fourth-order valence-electron chi connectivity index (χ4n) is 1.41. The minimum atomic E-state index is -3.56. The number of aryl methyl sites for hydroxylation is 1. The van der Waals surface area contributed by atoms with Gasteiger partial charge >= 0.3 is 0 Å². The maximum Gasteiger partial charge on any atom is 0.245 e. The minimum absolute atomic E-state index is 0.118. The molecule has 0 atom stereocenters. The van der Waals surface area contributed by atoms with Crippen molar-refractivity contribution in [3.63, 3.8) is 0 Å². The molecule has 0 aromatic carbocycles. The minimum Gasteiger partial charge on any atom is -0.263 e. The summed E-state index contributed by atoms with van der Waals surface area (Å²) in [7, 11) is -2.07. The fourth-order valence-corrected chi connectivity index (χ4v) is 6.30. The van der Waals surface area contributed by atoms with Gasteiger partial charge in [-0.1, -0.05) is 0 Å². The van der Waals surface area contributed by atoms with E-state index in [1.807, 2.05) is 0 Å². The van der Waals surface area contributed by atoms with E-state index in [1.54, 1.807) is 13.0 Å². The highest BCUT2D eigenvalue weighted by molar-refractivity contribution is 9.12. The molecule has 0 spiro atoms. The van der Waals surface area contributed by atoms with Gasteiger partial charge in [0.1, 0.15) is 10.7 Å². The SMILES string of the molecule is Cc1nc(CN(C)S(=O)(=O)c2cc(Br)sc2Br)n[nH]1. The Morgan fingerprint density at radius 3 is 2.63 bits per heavy atom. The van der Waals surface area contributed by atoms with E-state index in [4.69, 9.17) is 0 Å². The summed E-state index contributed by atoms with van der Waals surface area (Å²) in [4.78, 5) is 4.33. The largest absolute Gasteiger partial charge is 0.263 e. The molecule has 0 radical (unpaired) electrons. The number of halogens is 2. The summed E-state index contributed by atoms with van der Waals surface area (Å²) in [5, 5.41) is 6.61. The molecule has 0 saturated heterocycles. The van der Waals surface area contributed by atoms with Crippen molar-refractivity contribution in [1.82, 2.24) is 19.5 Å². The van der Waals surface area contributed by atoms with Gasteiger partial charge in [0.15, 0.2) is 5.82 Å². The van der Waals surface area contributed by atoms with Crippen LogP contribution in [0.15, 0.2) is 18.5 Å². The number of H-pyrrole nitrogens is 1. The van der Waals surface area contributed by atoms with E-state index in [1.165, 1.54) is 22.7 Å². The van der Waals surface area contributed by atoms with Gasteiger partial charge in [0.05, 0.1) is 14.1 Å². The Morgan fingerprint density at radius 1 is 1.47 bits per heavy atom. The first-order chi connectivity index (χ1) is 8.80. The third-order valence-corrected chi connectivity index (χ3v) is 6.88. The molecule has 104 valence electrons. The van der Waals surface area contributed by atoms with Gasteiger partial charge in [-0.2, -0.15) is 9.40 Å². The molecule has 2 heterocycles. The van der Waals surface area contributed by atoms with Crippen LogP contribution in [-0.2, 0) is 16.6 Å². The molecule has 19 heavy (non-hydrogen) atoms. The number of hydrogen-bond donors (Lipinski definition) is 1. The molecule has 0 unspecified atom stereocenters. The van der Waals surface area contributed by atoms with Crippen molar-refractivity contribution < 1.29 is 8.42 Å². The average molecular weight is 430 g/mol. The van der Waals surface area contributed by atoms with Crippen molar-refractivity contribution in [2.24, 2.45) is 0 Å². The second-order valence-electron chi connectivity index (χ2n) is 3.79. The first kappa shape index (κ1) is 15.1. The Bertz CT molecular complexity index is 695. The number of hydrogen-bond acceptors (Lipinski definition) is 5. The van der Waals surface area contributed by atoms with Crippen molar-refractivity contribution in [3.05, 3.63) is 25.3 Å². The normalized spacial score (nSPS) is 12.3. The molecule has 2 aromatic rings. The number of rotatable bonds is 4. The summed E-state index contributed by atoms with van der Waals surface area (Å²) < 4.78 is 27.3. The quantitative estimate of drug-likeness (QED) is 0.809. The van der Waals surface area contributed by atoms with E-state index in [0.29, 0.717) is 15.4 Å². The van der Waals surface area contributed by atoms with Gasteiger partial charge in [0.25, 0.3) is 0 Å². The lowest BCUT2D eigenvalue weighted by Crippen LogP contribution is -2.27. The first-order valence-corrected chi connectivity index (χ1v) is 8.94. The first-order valence-electron chi connectivity index (χ1n) is 5.10. The predicted octanol–water partition coefficient (Wildman–Crippen LogP) is 2.52. The zero-order valence-corrected chi connectivity index (χ0v) is 14.8. The maximum atomic E-state index is 12.4. The molecule has 0 aliphatic heterocycles. The summed E-state index contributed by atoms with van der Waals surface area (Å²) >= 11 is 7.84. The van der Waals surface area contributed by atoms with Crippen LogP contribution in [0.5, 0.6) is 0 Å². The molecule has 0 aliphatic rings. The molecule has 0 aliphatic carbocycles. The lowest BCUT2D eigenvalue weighted by Gasteiger charge is -2.14. The van der Waals surface area contributed by atoms with E-state index in [0.717, 1.165) is 3.79 Å². The monoisotopic (exact) mass is 428 g/mol. The molecular formula is C9H10Br2N4O2S2. The summed E-state index contributed by atoms with van der Waals surface area (Å²) in [5.41, 5.74) is 0. The fraction of sp³-hybridized carbons (Fsp3) is 0.333. The number of nitrogens with one attached hydrogen (secondary N) is 1. The van der Waals surface area contributed by atoms with Crippen LogP contribution in [-0.4, -0.2) is 35.0 Å². The summed E-state index contributed by atoms with van der Waals surface area (Å²) in [6.07, 6.45) is 0. The summed E-state index contributed by atoms with van der Waals surface area (Å²) in [6, 6.07) is 1.57. The van der Waals surface area contributed by atoms with Gasteiger partial charge in [0, 0.05) is 7.05 Å². The molecule has 2 rings (SSSR count). The van der Waals surface area contributed by atoms with Gasteiger partial charge in [-0.25, -0.2) is 13.4 Å². The third kappa shape index (κ3) is 3.24. The van der Waals surface area contributed by atoms with Gasteiger partial charge in [-0.3, -0.25) is 5.10 Å². The predicted molar refractivity (Wildman–Crippen MR) is 79.5 cm³/mol. The van der Waals surface area contributed by atoms with Crippen LogP contribution in [0.25, 0.3) is 0 Å². The molecule has 0 amide bonds. The molecule has 6 nitrogen and oxygen atoms in total. The van der Waals surface area contributed by atoms with Gasteiger partial charge in [0.2, 0.25) is 10.0 Å². The van der Waals surface area contributed by atoms with Crippen LogP contribution in [0.4, 0.5) is 0 Å². The molecule has 2 aromatic heterocycles. The van der Waals surface area contributed by atoms with E-state index in [-0.39, 0.29) is 11.4 Å². The van der Waals surface area contributed by atoms with Gasteiger partial charge < -0.3 is 0 Å². The zero-order valence-electron chi connectivity index (χ0n) is 10.0. The highest BCUT2D eigenvalue weighted by Gasteiger charge is 2.26. The van der Waals surface area contributed by atoms with Crippen molar-refractivity contribution >= 4 is 53.2 Å².